The minimum absolute atomic E-state index is 0.207. The highest BCUT2D eigenvalue weighted by atomic mass is 35.5. The maximum absolute atomic E-state index is 6.03. The van der Waals surface area contributed by atoms with Crippen LogP contribution in [0.15, 0.2) is 42.7 Å². The largest absolute Gasteiger partial charge is 0.494 e. The van der Waals surface area contributed by atoms with Gasteiger partial charge >= 0.3 is 0 Å². The topological polar surface area (TPSA) is 51.1 Å². The fourth-order valence-corrected chi connectivity index (χ4v) is 2.37. The Kier molecular flexibility index (Phi) is 3.58. The van der Waals surface area contributed by atoms with Crippen molar-refractivity contribution < 1.29 is 4.74 Å². The van der Waals surface area contributed by atoms with Gasteiger partial charge in [0.25, 0.3) is 0 Å². The number of methoxy groups -OCH3 is 1. The number of hydrogen-bond acceptors (Lipinski definition) is 5. The molecule has 1 aromatic carbocycles. The van der Waals surface area contributed by atoms with Crippen molar-refractivity contribution in [2.75, 3.05) is 19.1 Å². The third-order valence-electron chi connectivity index (χ3n) is 3.22. The summed E-state index contributed by atoms with van der Waals surface area (Å²) in [5, 5.41) is 1.12. The third kappa shape index (κ3) is 2.48. The molecule has 0 N–H and O–H groups in total. The normalized spacial score (nSPS) is 10.6. The summed E-state index contributed by atoms with van der Waals surface area (Å²) < 4.78 is 5.37. The molecule has 2 heterocycles. The van der Waals surface area contributed by atoms with E-state index in [1.807, 2.05) is 36.2 Å². The van der Waals surface area contributed by atoms with Crippen LogP contribution in [0.3, 0.4) is 0 Å². The number of para-hydroxylation sites is 1. The van der Waals surface area contributed by atoms with E-state index in [-0.39, 0.29) is 5.28 Å². The summed E-state index contributed by atoms with van der Waals surface area (Å²) in [6, 6.07) is 9.52. The van der Waals surface area contributed by atoms with E-state index in [4.69, 9.17) is 16.3 Å². The van der Waals surface area contributed by atoms with Gasteiger partial charge in [-0.1, -0.05) is 12.1 Å². The predicted octanol–water partition coefficient (Wildman–Crippen LogP) is 3.45. The van der Waals surface area contributed by atoms with Crippen molar-refractivity contribution in [3.63, 3.8) is 0 Å². The van der Waals surface area contributed by atoms with Gasteiger partial charge in [-0.25, -0.2) is 4.98 Å². The van der Waals surface area contributed by atoms with Gasteiger partial charge in [-0.3, -0.25) is 4.98 Å². The number of aromatic nitrogens is 3. The van der Waals surface area contributed by atoms with Crippen molar-refractivity contribution >= 4 is 34.0 Å². The zero-order valence-corrected chi connectivity index (χ0v) is 12.4. The van der Waals surface area contributed by atoms with Crippen molar-refractivity contribution in [1.29, 1.82) is 0 Å². The second-order valence-corrected chi connectivity index (χ2v) is 4.78. The zero-order chi connectivity index (χ0) is 14.8. The SMILES string of the molecule is COc1ccncc1N(C)c1nc(Cl)nc2ccccc12. The monoisotopic (exact) mass is 300 g/mol. The van der Waals surface area contributed by atoms with Crippen LogP contribution in [-0.2, 0) is 0 Å². The third-order valence-corrected chi connectivity index (χ3v) is 3.39. The van der Waals surface area contributed by atoms with Crippen LogP contribution in [0, 0.1) is 0 Å². The molecule has 3 aromatic rings. The Hall–Kier alpha value is -2.40. The number of rotatable bonds is 3. The number of pyridine rings is 1. The summed E-state index contributed by atoms with van der Waals surface area (Å²) in [6.45, 7) is 0. The van der Waals surface area contributed by atoms with E-state index < -0.39 is 0 Å². The van der Waals surface area contributed by atoms with E-state index in [9.17, 15) is 0 Å². The van der Waals surface area contributed by atoms with E-state index in [2.05, 4.69) is 15.0 Å². The minimum Gasteiger partial charge on any atom is -0.494 e. The Bertz CT molecular complexity index is 793. The van der Waals surface area contributed by atoms with Crippen LogP contribution in [0.25, 0.3) is 10.9 Å². The Morgan fingerprint density at radius 2 is 1.95 bits per heavy atom. The molecule has 0 bridgehead atoms. The fraction of sp³-hybridized carbons (Fsp3) is 0.133. The van der Waals surface area contributed by atoms with Gasteiger partial charge in [0.1, 0.15) is 17.3 Å². The first kappa shape index (κ1) is 13.6. The van der Waals surface area contributed by atoms with E-state index in [0.717, 1.165) is 16.6 Å². The van der Waals surface area contributed by atoms with Crippen LogP contribution in [0.2, 0.25) is 5.28 Å². The van der Waals surface area contributed by atoms with Crippen LogP contribution in [-0.4, -0.2) is 29.1 Å². The molecule has 3 rings (SSSR count). The summed E-state index contributed by atoms with van der Waals surface area (Å²) >= 11 is 6.03. The molecule has 0 aliphatic heterocycles. The van der Waals surface area contributed by atoms with Gasteiger partial charge < -0.3 is 9.64 Å². The van der Waals surface area contributed by atoms with E-state index in [0.29, 0.717) is 11.6 Å². The van der Waals surface area contributed by atoms with Crippen molar-refractivity contribution in [2.24, 2.45) is 0 Å². The summed E-state index contributed by atoms with van der Waals surface area (Å²) in [7, 11) is 3.52. The number of benzene rings is 1. The molecule has 0 saturated heterocycles. The lowest BCUT2D eigenvalue weighted by molar-refractivity contribution is 0.415. The molecule has 0 spiro atoms. The summed E-state index contributed by atoms with van der Waals surface area (Å²) in [5.41, 5.74) is 1.60. The molecule has 0 aliphatic carbocycles. The quantitative estimate of drug-likeness (QED) is 0.693. The number of nitrogens with zero attached hydrogens (tertiary/aromatic N) is 4. The van der Waals surface area contributed by atoms with E-state index in [1.54, 1.807) is 25.6 Å². The Morgan fingerprint density at radius 3 is 2.76 bits per heavy atom. The number of halogens is 1. The van der Waals surface area contributed by atoms with Crippen molar-refractivity contribution in [3.05, 3.63) is 48.0 Å². The predicted molar refractivity (Wildman–Crippen MR) is 83.4 cm³/mol. The van der Waals surface area contributed by atoms with Crippen LogP contribution in [0.5, 0.6) is 5.75 Å². The molecule has 0 amide bonds. The van der Waals surface area contributed by atoms with Gasteiger partial charge in [-0.2, -0.15) is 4.98 Å². The minimum atomic E-state index is 0.207. The van der Waals surface area contributed by atoms with Crippen LogP contribution in [0.4, 0.5) is 11.5 Å². The fourth-order valence-electron chi connectivity index (χ4n) is 2.20. The summed E-state index contributed by atoms with van der Waals surface area (Å²) in [5.74, 6) is 1.42. The van der Waals surface area contributed by atoms with E-state index >= 15 is 0 Å². The molecule has 0 aliphatic rings. The Labute approximate surface area is 127 Å². The molecule has 6 heteroatoms. The summed E-state index contributed by atoms with van der Waals surface area (Å²) in [4.78, 5) is 14.6. The first-order valence-electron chi connectivity index (χ1n) is 6.34. The van der Waals surface area contributed by atoms with Gasteiger partial charge in [0.05, 0.1) is 18.8 Å². The van der Waals surface area contributed by atoms with E-state index in [1.165, 1.54) is 0 Å². The Morgan fingerprint density at radius 1 is 1.14 bits per heavy atom. The number of fused-ring (bicyclic) bond motifs is 1. The highest BCUT2D eigenvalue weighted by Crippen LogP contribution is 2.34. The molecule has 2 aromatic heterocycles. The van der Waals surface area contributed by atoms with Gasteiger partial charge in [0.2, 0.25) is 5.28 Å². The second-order valence-electron chi connectivity index (χ2n) is 4.44. The average Bonchev–Trinajstić information content (AvgIpc) is 2.53. The first-order chi connectivity index (χ1) is 10.2. The molecular formula is C15H13ClN4O. The summed E-state index contributed by atoms with van der Waals surface area (Å²) in [6.07, 6.45) is 3.41. The zero-order valence-electron chi connectivity index (χ0n) is 11.6. The maximum atomic E-state index is 6.03. The molecule has 0 fully saturated rings. The van der Waals surface area contributed by atoms with Crippen LogP contribution >= 0.6 is 11.6 Å². The number of ether oxygens (including phenoxy) is 1. The molecule has 0 saturated carbocycles. The van der Waals surface area contributed by atoms with Crippen LogP contribution < -0.4 is 9.64 Å². The maximum Gasteiger partial charge on any atom is 0.224 e. The lowest BCUT2D eigenvalue weighted by atomic mass is 10.2. The number of hydrogen-bond donors (Lipinski definition) is 0. The second kappa shape index (κ2) is 5.54. The van der Waals surface area contributed by atoms with Gasteiger partial charge in [0, 0.05) is 24.7 Å². The van der Waals surface area contributed by atoms with Gasteiger partial charge in [-0.05, 0) is 23.7 Å². The average molecular weight is 301 g/mol. The van der Waals surface area contributed by atoms with Crippen molar-refractivity contribution in [2.45, 2.75) is 0 Å². The lowest BCUT2D eigenvalue weighted by Crippen LogP contribution is -2.13. The molecule has 0 atom stereocenters. The Balaban J connectivity index is 2.20. The molecule has 5 nitrogen and oxygen atoms in total. The molecule has 0 radical (unpaired) electrons. The molecule has 0 unspecified atom stereocenters. The lowest BCUT2D eigenvalue weighted by Gasteiger charge is -2.21. The van der Waals surface area contributed by atoms with Crippen molar-refractivity contribution in [3.8, 4) is 5.75 Å². The molecule has 106 valence electrons. The van der Waals surface area contributed by atoms with Crippen LogP contribution in [0.1, 0.15) is 0 Å². The number of anilines is 2. The van der Waals surface area contributed by atoms with Crippen molar-refractivity contribution in [1.82, 2.24) is 15.0 Å². The highest BCUT2D eigenvalue weighted by molar-refractivity contribution is 6.28. The molecule has 21 heavy (non-hydrogen) atoms. The smallest absolute Gasteiger partial charge is 0.224 e. The standard InChI is InChI=1S/C15H13ClN4O/c1-20(12-9-17-8-7-13(12)21-2)14-10-5-3-4-6-11(10)18-15(16)19-14/h3-9H,1-2H3. The highest BCUT2D eigenvalue weighted by Gasteiger charge is 2.15. The van der Waals surface area contributed by atoms with Gasteiger partial charge in [-0.15, -0.1) is 0 Å². The van der Waals surface area contributed by atoms with Gasteiger partial charge in [0.15, 0.2) is 0 Å². The molecular weight excluding hydrogens is 288 g/mol. The first-order valence-corrected chi connectivity index (χ1v) is 6.72.